The number of rotatable bonds is 8. The maximum absolute atomic E-state index is 11.7. The van der Waals surface area contributed by atoms with Gasteiger partial charge in [0.2, 0.25) is 16.0 Å². The summed E-state index contributed by atoms with van der Waals surface area (Å²) < 4.78 is 36.9. The Hall–Kier alpha value is -3.28. The van der Waals surface area contributed by atoms with Crippen molar-refractivity contribution in [3.63, 3.8) is 0 Å². The number of anilines is 6. The number of hydrogen-bond donors (Lipinski definition) is 3. The highest BCUT2D eigenvalue weighted by atomic mass is 35.5. The van der Waals surface area contributed by atoms with Gasteiger partial charge in [-0.05, 0) is 24.3 Å². The molecule has 2 heterocycles. The molecule has 1 fully saturated rings. The first-order valence-corrected chi connectivity index (χ1v) is 12.7. The van der Waals surface area contributed by atoms with Crippen LogP contribution in [0.25, 0.3) is 0 Å². The van der Waals surface area contributed by atoms with Gasteiger partial charge in [-0.1, -0.05) is 23.7 Å². The maximum Gasteiger partial charge on any atom is 0.229 e. The van der Waals surface area contributed by atoms with Gasteiger partial charge in [0.15, 0.2) is 5.82 Å². The van der Waals surface area contributed by atoms with E-state index in [9.17, 15) is 8.42 Å². The standard InChI is InChI=1S/C22H25ClN6O4S/c1-32-20-13-15(29-9-11-33-12-10-29)7-8-19(20)26-22-24-14-16(23)21(27-22)25-17-5-3-4-6-18(17)28-34(2,30)31/h3-8,13-14,28H,9-12H2,1-2H3,(H2,24,25,26,27). The lowest BCUT2D eigenvalue weighted by Crippen LogP contribution is -2.36. The predicted octanol–water partition coefficient (Wildman–Crippen LogP) is 3.83. The quantitative estimate of drug-likeness (QED) is 0.420. The van der Waals surface area contributed by atoms with Crippen molar-refractivity contribution in [2.75, 3.05) is 59.9 Å². The number of hydrogen-bond acceptors (Lipinski definition) is 9. The molecular weight excluding hydrogens is 480 g/mol. The summed E-state index contributed by atoms with van der Waals surface area (Å²) in [6.07, 6.45) is 2.54. The molecule has 2 aromatic carbocycles. The third-order valence-corrected chi connectivity index (χ3v) is 5.89. The molecule has 0 radical (unpaired) electrons. The molecule has 1 aliphatic rings. The maximum atomic E-state index is 11.7. The van der Waals surface area contributed by atoms with Crippen molar-refractivity contribution in [1.82, 2.24) is 9.97 Å². The molecule has 4 rings (SSSR count). The Morgan fingerprint density at radius 3 is 2.50 bits per heavy atom. The highest BCUT2D eigenvalue weighted by Crippen LogP contribution is 2.33. The zero-order chi connectivity index (χ0) is 24.1. The first-order chi connectivity index (χ1) is 16.3. The number of ether oxygens (including phenoxy) is 2. The number of para-hydroxylation sites is 2. The molecule has 12 heteroatoms. The van der Waals surface area contributed by atoms with E-state index in [2.05, 4.69) is 30.2 Å². The van der Waals surface area contributed by atoms with Crippen LogP contribution < -0.4 is 25.0 Å². The van der Waals surface area contributed by atoms with Crippen LogP contribution in [0.1, 0.15) is 0 Å². The van der Waals surface area contributed by atoms with E-state index in [4.69, 9.17) is 21.1 Å². The zero-order valence-corrected chi connectivity index (χ0v) is 20.3. The normalized spacial score (nSPS) is 13.9. The lowest BCUT2D eigenvalue weighted by Gasteiger charge is -2.29. The average molecular weight is 505 g/mol. The second-order valence-corrected chi connectivity index (χ2v) is 9.70. The number of methoxy groups -OCH3 is 1. The molecule has 0 amide bonds. The highest BCUT2D eigenvalue weighted by molar-refractivity contribution is 7.92. The molecule has 180 valence electrons. The van der Waals surface area contributed by atoms with Gasteiger partial charge in [0, 0.05) is 24.8 Å². The van der Waals surface area contributed by atoms with Crippen LogP contribution >= 0.6 is 11.6 Å². The number of aromatic nitrogens is 2. The third kappa shape index (κ3) is 5.99. The lowest BCUT2D eigenvalue weighted by molar-refractivity contribution is 0.122. The van der Waals surface area contributed by atoms with Crippen molar-refractivity contribution in [2.45, 2.75) is 0 Å². The van der Waals surface area contributed by atoms with Crippen molar-refractivity contribution in [1.29, 1.82) is 0 Å². The Kier molecular flexibility index (Phi) is 7.25. The number of nitrogens with zero attached hydrogens (tertiary/aromatic N) is 3. The molecule has 3 N–H and O–H groups in total. The summed E-state index contributed by atoms with van der Waals surface area (Å²) in [4.78, 5) is 11.0. The molecule has 10 nitrogen and oxygen atoms in total. The smallest absolute Gasteiger partial charge is 0.229 e. The van der Waals surface area contributed by atoms with E-state index in [-0.39, 0.29) is 11.0 Å². The topological polar surface area (TPSA) is 118 Å². The van der Waals surface area contributed by atoms with Crippen molar-refractivity contribution < 1.29 is 17.9 Å². The summed E-state index contributed by atoms with van der Waals surface area (Å²) in [5.41, 5.74) is 2.59. The van der Waals surface area contributed by atoms with Crippen LogP contribution in [-0.4, -0.2) is 58.1 Å². The average Bonchev–Trinajstić information content (AvgIpc) is 2.82. The van der Waals surface area contributed by atoms with E-state index < -0.39 is 10.0 Å². The molecule has 0 bridgehead atoms. The second kappa shape index (κ2) is 10.3. The SMILES string of the molecule is COc1cc(N2CCOCC2)ccc1Nc1ncc(Cl)c(Nc2ccccc2NS(C)(=O)=O)n1. The number of sulfonamides is 1. The fourth-order valence-electron chi connectivity index (χ4n) is 3.45. The van der Waals surface area contributed by atoms with E-state index in [1.807, 2.05) is 18.2 Å². The van der Waals surface area contributed by atoms with Crippen LogP contribution in [0.2, 0.25) is 5.02 Å². The summed E-state index contributed by atoms with van der Waals surface area (Å²) >= 11 is 6.31. The fraction of sp³-hybridized carbons (Fsp3) is 0.273. The van der Waals surface area contributed by atoms with Gasteiger partial charge in [0.1, 0.15) is 10.8 Å². The fourth-order valence-corrected chi connectivity index (χ4v) is 4.16. The van der Waals surface area contributed by atoms with Gasteiger partial charge in [0.25, 0.3) is 0 Å². The number of morpholine rings is 1. The molecule has 0 aliphatic carbocycles. The number of halogens is 1. The summed E-state index contributed by atoms with van der Waals surface area (Å²) in [6, 6.07) is 12.7. The summed E-state index contributed by atoms with van der Waals surface area (Å²) in [7, 11) is -1.86. The Morgan fingerprint density at radius 1 is 1.06 bits per heavy atom. The first-order valence-electron chi connectivity index (χ1n) is 10.5. The van der Waals surface area contributed by atoms with E-state index in [0.29, 0.717) is 41.8 Å². The minimum absolute atomic E-state index is 0.273. The Balaban J connectivity index is 1.56. The van der Waals surface area contributed by atoms with E-state index in [1.165, 1.54) is 6.20 Å². The van der Waals surface area contributed by atoms with Gasteiger partial charge in [-0.15, -0.1) is 0 Å². The second-order valence-electron chi connectivity index (χ2n) is 7.54. The van der Waals surface area contributed by atoms with Crippen molar-refractivity contribution in [2.24, 2.45) is 0 Å². The van der Waals surface area contributed by atoms with E-state index in [0.717, 1.165) is 25.0 Å². The van der Waals surface area contributed by atoms with Crippen LogP contribution in [0.5, 0.6) is 5.75 Å². The predicted molar refractivity (Wildman–Crippen MR) is 135 cm³/mol. The van der Waals surface area contributed by atoms with E-state index in [1.54, 1.807) is 31.4 Å². The van der Waals surface area contributed by atoms with Gasteiger partial charge >= 0.3 is 0 Å². The van der Waals surface area contributed by atoms with Gasteiger partial charge in [-0.25, -0.2) is 13.4 Å². The Bertz CT molecular complexity index is 1270. The molecule has 0 spiro atoms. The van der Waals surface area contributed by atoms with E-state index >= 15 is 0 Å². The Labute approximate surface area is 203 Å². The number of benzene rings is 2. The molecule has 0 saturated carbocycles. The van der Waals surface area contributed by atoms with Crippen LogP contribution in [0.3, 0.4) is 0 Å². The van der Waals surface area contributed by atoms with Crippen LogP contribution in [-0.2, 0) is 14.8 Å². The molecular formula is C22H25ClN6O4S. The van der Waals surface area contributed by atoms with Crippen LogP contribution in [0.15, 0.2) is 48.7 Å². The highest BCUT2D eigenvalue weighted by Gasteiger charge is 2.15. The zero-order valence-electron chi connectivity index (χ0n) is 18.7. The molecule has 1 aromatic heterocycles. The third-order valence-electron chi connectivity index (χ3n) is 5.03. The van der Waals surface area contributed by atoms with Gasteiger partial charge in [-0.2, -0.15) is 4.98 Å². The van der Waals surface area contributed by atoms with Crippen molar-refractivity contribution in [3.8, 4) is 5.75 Å². The molecule has 34 heavy (non-hydrogen) atoms. The molecule has 1 aliphatic heterocycles. The molecule has 3 aromatic rings. The van der Waals surface area contributed by atoms with Crippen LogP contribution in [0, 0.1) is 0 Å². The summed E-state index contributed by atoms with van der Waals surface area (Å²) in [6.45, 7) is 3.03. The van der Waals surface area contributed by atoms with Crippen molar-refractivity contribution >= 4 is 56.1 Å². The summed E-state index contributed by atoms with van der Waals surface area (Å²) in [5.74, 6) is 1.24. The monoisotopic (exact) mass is 504 g/mol. The van der Waals surface area contributed by atoms with Gasteiger partial charge < -0.3 is 25.0 Å². The van der Waals surface area contributed by atoms with Gasteiger partial charge in [0.05, 0.1) is 49.8 Å². The van der Waals surface area contributed by atoms with Crippen LogP contribution in [0.4, 0.5) is 34.5 Å². The number of nitrogens with one attached hydrogen (secondary N) is 3. The Morgan fingerprint density at radius 2 is 1.79 bits per heavy atom. The van der Waals surface area contributed by atoms with Crippen molar-refractivity contribution in [3.05, 3.63) is 53.7 Å². The minimum atomic E-state index is -3.46. The lowest BCUT2D eigenvalue weighted by atomic mass is 10.2. The van der Waals surface area contributed by atoms with Gasteiger partial charge in [-0.3, -0.25) is 4.72 Å². The molecule has 0 atom stereocenters. The molecule has 1 saturated heterocycles. The first kappa shape index (κ1) is 23.9. The summed E-state index contributed by atoms with van der Waals surface area (Å²) in [5, 5.41) is 6.50. The minimum Gasteiger partial charge on any atom is -0.494 e. The molecule has 0 unspecified atom stereocenters. The largest absolute Gasteiger partial charge is 0.494 e.